The molecule has 6 heteroatoms. The summed E-state index contributed by atoms with van der Waals surface area (Å²) < 4.78 is 5.52. The summed E-state index contributed by atoms with van der Waals surface area (Å²) in [6, 6.07) is -0.626. The van der Waals surface area contributed by atoms with Crippen LogP contribution in [0.4, 0.5) is 0 Å². The van der Waals surface area contributed by atoms with Crippen LogP contribution in [0.15, 0.2) is 24.3 Å². The highest BCUT2D eigenvalue weighted by Crippen LogP contribution is 2.20. The van der Waals surface area contributed by atoms with Crippen molar-refractivity contribution >= 4 is 11.9 Å². The van der Waals surface area contributed by atoms with Crippen molar-refractivity contribution in [1.29, 1.82) is 0 Å². The van der Waals surface area contributed by atoms with Gasteiger partial charge in [0.15, 0.2) is 0 Å². The molecule has 2 atom stereocenters. The summed E-state index contributed by atoms with van der Waals surface area (Å²) in [7, 11) is 0. The molecular formula is C80H155NO5. The number of rotatable bonds is 75. The van der Waals surface area contributed by atoms with Gasteiger partial charge in [-0.1, -0.05) is 404 Å². The molecule has 0 aromatic heterocycles. The second kappa shape index (κ2) is 75.8. The Labute approximate surface area is 539 Å². The van der Waals surface area contributed by atoms with E-state index in [-0.39, 0.29) is 18.5 Å². The Morgan fingerprint density at radius 2 is 0.547 bits per heavy atom. The van der Waals surface area contributed by atoms with Crippen LogP contribution in [0.5, 0.6) is 0 Å². The lowest BCUT2D eigenvalue weighted by Crippen LogP contribution is -2.45. The number of esters is 1. The van der Waals surface area contributed by atoms with Gasteiger partial charge in [-0.05, 0) is 57.8 Å². The van der Waals surface area contributed by atoms with Gasteiger partial charge in [0.05, 0.1) is 25.4 Å². The van der Waals surface area contributed by atoms with Crippen molar-refractivity contribution in [3.05, 3.63) is 24.3 Å². The first-order chi connectivity index (χ1) is 42.5. The molecule has 0 radical (unpaired) electrons. The van der Waals surface area contributed by atoms with E-state index >= 15 is 0 Å². The minimum Gasteiger partial charge on any atom is -0.466 e. The van der Waals surface area contributed by atoms with Crippen LogP contribution in [-0.2, 0) is 14.3 Å². The van der Waals surface area contributed by atoms with Crippen LogP contribution >= 0.6 is 0 Å². The molecule has 0 saturated heterocycles. The second-order valence-electron chi connectivity index (χ2n) is 27.4. The van der Waals surface area contributed by atoms with E-state index < -0.39 is 12.1 Å². The normalized spacial score (nSPS) is 12.6. The van der Waals surface area contributed by atoms with Crippen molar-refractivity contribution in [2.24, 2.45) is 0 Å². The zero-order chi connectivity index (χ0) is 62.0. The largest absolute Gasteiger partial charge is 0.466 e. The molecule has 0 saturated carbocycles. The average Bonchev–Trinajstić information content (AvgIpc) is 3.54. The molecular weight excluding hydrogens is 1050 g/mol. The van der Waals surface area contributed by atoms with Crippen LogP contribution in [0.3, 0.4) is 0 Å². The molecule has 3 N–H and O–H groups in total. The minimum absolute atomic E-state index is 0.0198. The molecule has 86 heavy (non-hydrogen) atoms. The Bertz CT molecular complexity index is 1350. The van der Waals surface area contributed by atoms with E-state index in [2.05, 4.69) is 31.3 Å². The first-order valence-corrected chi connectivity index (χ1v) is 39.6. The monoisotopic (exact) mass is 1210 g/mol. The van der Waals surface area contributed by atoms with E-state index in [4.69, 9.17) is 4.74 Å². The molecule has 6 nitrogen and oxygen atoms in total. The van der Waals surface area contributed by atoms with Crippen molar-refractivity contribution in [3.8, 4) is 0 Å². The molecule has 0 heterocycles. The maximum Gasteiger partial charge on any atom is 0.305 e. The van der Waals surface area contributed by atoms with Gasteiger partial charge >= 0.3 is 5.97 Å². The fourth-order valence-electron chi connectivity index (χ4n) is 12.7. The highest BCUT2D eigenvalue weighted by atomic mass is 16.5. The van der Waals surface area contributed by atoms with Crippen LogP contribution in [0, 0.1) is 0 Å². The molecule has 0 rings (SSSR count). The number of nitrogens with one attached hydrogen (secondary N) is 1. The van der Waals surface area contributed by atoms with Gasteiger partial charge in [0.2, 0.25) is 5.91 Å². The van der Waals surface area contributed by atoms with Crippen molar-refractivity contribution in [3.63, 3.8) is 0 Å². The van der Waals surface area contributed by atoms with E-state index in [1.807, 2.05) is 6.08 Å². The lowest BCUT2D eigenvalue weighted by atomic mass is 10.0. The third-order valence-corrected chi connectivity index (χ3v) is 18.7. The fourth-order valence-corrected chi connectivity index (χ4v) is 12.7. The molecule has 0 aliphatic rings. The smallest absolute Gasteiger partial charge is 0.305 e. The van der Waals surface area contributed by atoms with Gasteiger partial charge in [0, 0.05) is 12.8 Å². The molecule has 510 valence electrons. The van der Waals surface area contributed by atoms with Crippen LogP contribution < -0.4 is 5.32 Å². The summed E-state index contributed by atoms with van der Waals surface area (Å²) in [5.74, 6) is -0.0398. The number of ether oxygens (including phenoxy) is 1. The molecule has 0 bridgehead atoms. The lowest BCUT2D eigenvalue weighted by Gasteiger charge is -2.20. The zero-order valence-electron chi connectivity index (χ0n) is 58.6. The number of hydrogen-bond acceptors (Lipinski definition) is 5. The minimum atomic E-state index is -0.843. The summed E-state index contributed by atoms with van der Waals surface area (Å²) in [6.07, 6.45) is 97.2. The predicted octanol–water partition coefficient (Wildman–Crippen LogP) is 26.0. The summed E-state index contributed by atoms with van der Waals surface area (Å²) in [4.78, 5) is 24.7. The molecule has 2 unspecified atom stereocenters. The van der Waals surface area contributed by atoms with Crippen LogP contribution in [0.2, 0.25) is 0 Å². The number of carbonyl (C=O) groups excluding carboxylic acids is 2. The van der Waals surface area contributed by atoms with Crippen LogP contribution in [-0.4, -0.2) is 47.4 Å². The second-order valence-corrected chi connectivity index (χ2v) is 27.4. The maximum absolute atomic E-state index is 12.5. The number of carbonyl (C=O) groups is 2. The highest BCUT2D eigenvalue weighted by molar-refractivity contribution is 5.76. The number of aliphatic hydroxyl groups is 2. The molecule has 0 fully saturated rings. The average molecular weight is 1210 g/mol. The first-order valence-electron chi connectivity index (χ1n) is 39.6. The first kappa shape index (κ1) is 84.3. The Kier molecular flexibility index (Phi) is 74.3. The number of amides is 1. The Balaban J connectivity index is 3.35. The van der Waals surface area contributed by atoms with Gasteiger partial charge in [0.1, 0.15) is 0 Å². The predicted molar refractivity (Wildman–Crippen MR) is 380 cm³/mol. The Morgan fingerprint density at radius 1 is 0.314 bits per heavy atom. The topological polar surface area (TPSA) is 95.9 Å². The fraction of sp³-hybridized carbons (Fsp3) is 0.925. The zero-order valence-corrected chi connectivity index (χ0v) is 58.6. The van der Waals surface area contributed by atoms with Crippen LogP contribution in [0.25, 0.3) is 0 Å². The maximum atomic E-state index is 12.5. The van der Waals surface area contributed by atoms with Gasteiger partial charge in [-0.25, -0.2) is 0 Å². The van der Waals surface area contributed by atoms with Crippen molar-refractivity contribution < 1.29 is 24.5 Å². The van der Waals surface area contributed by atoms with E-state index in [0.717, 1.165) is 38.5 Å². The number of unbranched alkanes of at least 4 members (excludes halogenated alkanes) is 62. The number of hydrogen-bond donors (Lipinski definition) is 3. The van der Waals surface area contributed by atoms with Crippen molar-refractivity contribution in [1.82, 2.24) is 5.32 Å². The summed E-state index contributed by atoms with van der Waals surface area (Å²) >= 11 is 0. The quantitative estimate of drug-likeness (QED) is 0.0320. The molecule has 0 aromatic rings. The Hall–Kier alpha value is -1.66. The lowest BCUT2D eigenvalue weighted by molar-refractivity contribution is -0.143. The molecule has 0 spiro atoms. The molecule has 1 amide bonds. The van der Waals surface area contributed by atoms with Crippen molar-refractivity contribution in [2.75, 3.05) is 13.2 Å². The van der Waals surface area contributed by atoms with Gasteiger partial charge in [0.25, 0.3) is 0 Å². The van der Waals surface area contributed by atoms with Crippen LogP contribution in [0.1, 0.15) is 450 Å². The SMILES string of the molecule is CCCCCCCC/C=C\CCCCCCCCCCCC(=O)OCCCCCCCCCCCCCCCCCCCCCCCCCCCCCCCC(=O)NC(CO)C(O)/C=C/CCCCCCCCCCCCCCCCCCCCC. The van der Waals surface area contributed by atoms with E-state index in [0.29, 0.717) is 19.4 Å². The van der Waals surface area contributed by atoms with E-state index in [1.54, 1.807) is 6.08 Å². The summed E-state index contributed by atoms with van der Waals surface area (Å²) in [6.45, 7) is 4.95. The van der Waals surface area contributed by atoms with Gasteiger partial charge in [-0.3, -0.25) is 9.59 Å². The number of allylic oxidation sites excluding steroid dienone is 3. The summed E-state index contributed by atoms with van der Waals surface area (Å²) in [5, 5.41) is 23.3. The summed E-state index contributed by atoms with van der Waals surface area (Å²) in [5.41, 5.74) is 0. The Morgan fingerprint density at radius 3 is 0.826 bits per heavy atom. The molecule has 0 aliphatic carbocycles. The standard InChI is InChI=1S/C80H155NO5/c1-3-5-7-9-11-13-15-17-19-21-23-33-37-40-44-48-52-56-60-64-68-72-78(83)77(76-82)81-79(84)73-69-65-61-57-53-49-45-41-38-34-31-29-27-25-24-26-28-30-32-35-39-43-47-51-55-59-63-67-71-75-86-80(85)74-70-66-62-58-54-50-46-42-36-22-20-18-16-14-12-10-8-6-4-2/h18,20,68,72,77-78,82-83H,3-17,19,21-67,69-71,73-76H2,1-2H3,(H,81,84)/b20-18-,72-68+. The van der Waals surface area contributed by atoms with E-state index in [9.17, 15) is 19.8 Å². The third kappa shape index (κ3) is 71.4. The third-order valence-electron chi connectivity index (χ3n) is 18.7. The molecule has 0 aromatic carbocycles. The highest BCUT2D eigenvalue weighted by Gasteiger charge is 2.18. The van der Waals surface area contributed by atoms with Gasteiger partial charge in [-0.2, -0.15) is 0 Å². The van der Waals surface area contributed by atoms with Gasteiger partial charge in [-0.15, -0.1) is 0 Å². The molecule has 0 aliphatic heterocycles. The number of aliphatic hydroxyl groups excluding tert-OH is 2. The van der Waals surface area contributed by atoms with Gasteiger partial charge < -0.3 is 20.3 Å². The van der Waals surface area contributed by atoms with Crippen molar-refractivity contribution in [2.45, 2.75) is 463 Å². The van der Waals surface area contributed by atoms with E-state index in [1.165, 1.54) is 385 Å².